The highest BCUT2D eigenvalue weighted by molar-refractivity contribution is 5.74. The van der Waals surface area contributed by atoms with Crippen LogP contribution in [-0.4, -0.2) is 48.8 Å². The quantitative estimate of drug-likeness (QED) is 0.686. The third kappa shape index (κ3) is 3.86. The molecular formula is C19H28NO3+. The number of rotatable bonds is 4. The Balaban J connectivity index is 1.63. The number of nitrogens with zero attached hydrogens (tertiary/aromatic N) is 1. The third-order valence-corrected chi connectivity index (χ3v) is 5.33. The molecule has 4 nitrogen and oxygen atoms in total. The summed E-state index contributed by atoms with van der Waals surface area (Å²) in [6.45, 7) is 1.92. The predicted octanol–water partition coefficient (Wildman–Crippen LogP) is 2.98. The summed E-state index contributed by atoms with van der Waals surface area (Å²) in [6, 6.07) is 5.78. The number of likely N-dealkylation sites (tertiary alicyclic amines) is 1. The predicted molar refractivity (Wildman–Crippen MR) is 89.4 cm³/mol. The van der Waals surface area contributed by atoms with Gasteiger partial charge in [0.05, 0.1) is 27.1 Å². The molecule has 1 saturated heterocycles. The number of likely N-dealkylation sites (N-methyl/N-ethyl adjacent to an activating group) is 1. The van der Waals surface area contributed by atoms with E-state index in [1.807, 2.05) is 18.2 Å². The number of phenols is 1. The van der Waals surface area contributed by atoms with Crippen LogP contribution >= 0.6 is 0 Å². The highest BCUT2D eigenvalue weighted by Gasteiger charge is 2.33. The lowest BCUT2D eigenvalue weighted by atomic mass is 9.94. The van der Waals surface area contributed by atoms with Crippen molar-refractivity contribution in [2.75, 3.05) is 27.2 Å². The fourth-order valence-corrected chi connectivity index (χ4v) is 4.03. The van der Waals surface area contributed by atoms with Crippen LogP contribution in [-0.2, 0) is 16.0 Å². The molecule has 3 rings (SSSR count). The van der Waals surface area contributed by atoms with E-state index in [1.54, 1.807) is 0 Å². The monoisotopic (exact) mass is 318 g/mol. The van der Waals surface area contributed by atoms with Crippen LogP contribution in [0.2, 0.25) is 0 Å². The van der Waals surface area contributed by atoms with Crippen LogP contribution in [0.15, 0.2) is 18.2 Å². The van der Waals surface area contributed by atoms with Crippen LogP contribution in [0.25, 0.3) is 0 Å². The Kier molecular flexibility index (Phi) is 4.62. The van der Waals surface area contributed by atoms with Crippen molar-refractivity contribution in [1.82, 2.24) is 0 Å². The minimum atomic E-state index is -0.226. The van der Waals surface area contributed by atoms with Crippen molar-refractivity contribution in [3.8, 4) is 5.75 Å². The number of esters is 1. The number of quaternary nitrogens is 1. The highest BCUT2D eigenvalue weighted by atomic mass is 16.5. The number of hydrogen-bond acceptors (Lipinski definition) is 3. The lowest BCUT2D eigenvalue weighted by molar-refractivity contribution is -0.879. The summed E-state index contributed by atoms with van der Waals surface area (Å²) in [5.74, 6) is 0.522. The van der Waals surface area contributed by atoms with Gasteiger partial charge in [-0.25, -0.2) is 0 Å². The van der Waals surface area contributed by atoms with Gasteiger partial charge in [-0.3, -0.25) is 4.79 Å². The fourth-order valence-electron chi connectivity index (χ4n) is 4.03. The van der Waals surface area contributed by atoms with Crippen molar-refractivity contribution in [3.63, 3.8) is 0 Å². The normalized spacial score (nSPS) is 24.0. The second kappa shape index (κ2) is 6.52. The SMILES string of the molecule is C[N+]1(C)CC[C@H](OC(=O)Cc2cccc(C3CCCC3)c2O)C1. The molecule has 1 atom stereocenters. The molecule has 1 aromatic carbocycles. The Morgan fingerprint density at radius 1 is 1.26 bits per heavy atom. The van der Waals surface area contributed by atoms with E-state index in [2.05, 4.69) is 14.1 Å². The second-order valence-electron chi connectivity index (χ2n) is 7.76. The zero-order valence-electron chi connectivity index (χ0n) is 14.3. The van der Waals surface area contributed by atoms with E-state index in [9.17, 15) is 9.90 Å². The molecule has 1 aliphatic heterocycles. The van der Waals surface area contributed by atoms with Gasteiger partial charge in [0.1, 0.15) is 12.3 Å². The zero-order valence-corrected chi connectivity index (χ0v) is 14.3. The van der Waals surface area contributed by atoms with Crippen LogP contribution in [0.5, 0.6) is 5.75 Å². The molecule has 0 unspecified atom stereocenters. The summed E-state index contributed by atoms with van der Waals surface area (Å²) in [5, 5.41) is 10.5. The maximum Gasteiger partial charge on any atom is 0.310 e. The molecule has 0 bridgehead atoms. The van der Waals surface area contributed by atoms with Crippen LogP contribution in [0.4, 0.5) is 0 Å². The highest BCUT2D eigenvalue weighted by Crippen LogP contribution is 2.39. The first-order valence-electron chi connectivity index (χ1n) is 8.77. The molecule has 0 spiro atoms. The van der Waals surface area contributed by atoms with Gasteiger partial charge in [-0.1, -0.05) is 31.0 Å². The summed E-state index contributed by atoms with van der Waals surface area (Å²) in [7, 11) is 4.31. The smallest absolute Gasteiger partial charge is 0.310 e. The Bertz CT molecular complexity index is 576. The lowest BCUT2D eigenvalue weighted by Gasteiger charge is -2.23. The Morgan fingerprint density at radius 2 is 2.00 bits per heavy atom. The van der Waals surface area contributed by atoms with Gasteiger partial charge in [-0.2, -0.15) is 0 Å². The molecule has 1 saturated carbocycles. The molecular weight excluding hydrogens is 290 g/mol. The molecule has 1 aromatic rings. The summed E-state index contributed by atoms with van der Waals surface area (Å²) in [6.07, 6.45) is 5.83. The number of benzene rings is 1. The maximum atomic E-state index is 12.2. The first-order valence-corrected chi connectivity index (χ1v) is 8.77. The molecule has 1 N–H and O–H groups in total. The standard InChI is InChI=1S/C19H27NO3/c1-20(2)11-10-16(13-20)23-18(21)12-15-8-5-9-17(19(15)22)14-6-3-4-7-14/h5,8-9,14,16H,3-4,6-7,10-13H2,1-2H3/p+1/t16-/m0/s1. The number of phenolic OH excluding ortho intramolecular Hbond substituents is 1. The average molecular weight is 318 g/mol. The average Bonchev–Trinajstić information content (AvgIpc) is 3.11. The van der Waals surface area contributed by atoms with E-state index >= 15 is 0 Å². The first-order chi connectivity index (χ1) is 10.9. The van der Waals surface area contributed by atoms with Crippen molar-refractivity contribution >= 4 is 5.97 Å². The van der Waals surface area contributed by atoms with Crippen LogP contribution in [0, 0.1) is 0 Å². The Labute approximate surface area is 138 Å². The van der Waals surface area contributed by atoms with Gasteiger partial charge in [0.15, 0.2) is 6.10 Å². The van der Waals surface area contributed by atoms with E-state index in [4.69, 9.17) is 4.74 Å². The van der Waals surface area contributed by atoms with E-state index in [-0.39, 0.29) is 18.5 Å². The lowest BCUT2D eigenvalue weighted by Crippen LogP contribution is -2.38. The van der Waals surface area contributed by atoms with Gasteiger partial charge in [0, 0.05) is 12.0 Å². The topological polar surface area (TPSA) is 46.5 Å². The molecule has 0 aromatic heterocycles. The molecule has 2 fully saturated rings. The number of carbonyl (C=O) groups is 1. The first kappa shape index (κ1) is 16.3. The van der Waals surface area contributed by atoms with E-state index < -0.39 is 0 Å². The Hall–Kier alpha value is -1.55. The van der Waals surface area contributed by atoms with Crippen molar-refractivity contribution in [3.05, 3.63) is 29.3 Å². The van der Waals surface area contributed by atoms with Crippen LogP contribution < -0.4 is 0 Å². The van der Waals surface area contributed by atoms with Gasteiger partial charge in [-0.05, 0) is 24.3 Å². The molecule has 0 amide bonds. The summed E-state index contributed by atoms with van der Waals surface area (Å²) in [5.41, 5.74) is 1.71. The number of ether oxygens (including phenoxy) is 1. The minimum Gasteiger partial charge on any atom is -0.507 e. The summed E-state index contributed by atoms with van der Waals surface area (Å²) >= 11 is 0. The summed E-state index contributed by atoms with van der Waals surface area (Å²) < 4.78 is 6.51. The van der Waals surface area contributed by atoms with Crippen molar-refractivity contribution in [2.24, 2.45) is 0 Å². The minimum absolute atomic E-state index is 0.0117. The Morgan fingerprint density at radius 3 is 2.65 bits per heavy atom. The van der Waals surface area contributed by atoms with Crippen molar-refractivity contribution in [2.45, 2.75) is 50.5 Å². The molecule has 1 heterocycles. The largest absolute Gasteiger partial charge is 0.507 e. The zero-order chi connectivity index (χ0) is 16.4. The second-order valence-corrected chi connectivity index (χ2v) is 7.76. The molecule has 126 valence electrons. The number of carbonyl (C=O) groups excluding carboxylic acids is 1. The van der Waals surface area contributed by atoms with Crippen molar-refractivity contribution < 1.29 is 19.1 Å². The number of para-hydroxylation sites is 1. The molecule has 23 heavy (non-hydrogen) atoms. The number of aromatic hydroxyl groups is 1. The molecule has 0 radical (unpaired) electrons. The van der Waals surface area contributed by atoms with Gasteiger partial charge < -0.3 is 14.3 Å². The van der Waals surface area contributed by atoms with Crippen LogP contribution in [0.1, 0.15) is 49.1 Å². The third-order valence-electron chi connectivity index (χ3n) is 5.33. The summed E-state index contributed by atoms with van der Waals surface area (Å²) in [4.78, 5) is 12.2. The van der Waals surface area contributed by atoms with Crippen LogP contribution in [0.3, 0.4) is 0 Å². The maximum absolute atomic E-state index is 12.2. The molecule has 2 aliphatic rings. The van der Waals surface area contributed by atoms with Crippen molar-refractivity contribution in [1.29, 1.82) is 0 Å². The van der Waals surface area contributed by atoms with E-state index in [0.717, 1.165) is 42.4 Å². The van der Waals surface area contributed by atoms with Gasteiger partial charge in [0.2, 0.25) is 0 Å². The van der Waals surface area contributed by atoms with E-state index in [1.165, 1.54) is 12.8 Å². The number of hydrogen-bond donors (Lipinski definition) is 1. The van der Waals surface area contributed by atoms with Gasteiger partial charge in [-0.15, -0.1) is 0 Å². The van der Waals surface area contributed by atoms with E-state index in [0.29, 0.717) is 17.2 Å². The fraction of sp³-hybridized carbons (Fsp3) is 0.632. The molecule has 1 aliphatic carbocycles. The van der Waals surface area contributed by atoms with Gasteiger partial charge >= 0.3 is 5.97 Å². The molecule has 4 heteroatoms. The van der Waals surface area contributed by atoms with Gasteiger partial charge in [0.25, 0.3) is 0 Å².